The van der Waals surface area contributed by atoms with Crippen molar-refractivity contribution in [2.45, 2.75) is 12.5 Å². The van der Waals surface area contributed by atoms with Crippen molar-refractivity contribution < 1.29 is 4.39 Å². The summed E-state index contributed by atoms with van der Waals surface area (Å²) in [4.78, 5) is 0. The van der Waals surface area contributed by atoms with E-state index in [1.54, 1.807) is 17.1 Å². The molecule has 0 fully saturated rings. The molecular formula is C23H17Br2FN2. The number of hydrogen-bond donors (Lipinski definition) is 0. The average Bonchev–Trinajstić information content (AvgIpc) is 3.12. The fourth-order valence-corrected chi connectivity index (χ4v) is 3.73. The molecule has 0 amide bonds. The highest BCUT2D eigenvalue weighted by Gasteiger charge is 2.29. The first-order chi connectivity index (χ1) is 13.6. The topological polar surface area (TPSA) is 15.6 Å². The Balaban J connectivity index is 1.66. The van der Waals surface area contributed by atoms with Crippen molar-refractivity contribution in [3.05, 3.63) is 105 Å². The molecule has 0 spiro atoms. The molecule has 0 saturated heterocycles. The molecule has 5 heteroatoms. The third kappa shape index (κ3) is 4.26. The summed E-state index contributed by atoms with van der Waals surface area (Å²) >= 11 is 6.93. The van der Waals surface area contributed by atoms with Crippen LogP contribution in [0.2, 0.25) is 0 Å². The molecule has 0 saturated carbocycles. The third-order valence-electron chi connectivity index (χ3n) is 4.63. The van der Waals surface area contributed by atoms with Gasteiger partial charge in [-0.05, 0) is 53.6 Å². The summed E-state index contributed by atoms with van der Waals surface area (Å²) < 4.78 is 16.5. The van der Waals surface area contributed by atoms with E-state index in [-0.39, 0.29) is 11.9 Å². The summed E-state index contributed by atoms with van der Waals surface area (Å²) in [7, 11) is 0. The molecule has 3 aromatic carbocycles. The molecule has 0 aliphatic carbocycles. The number of para-hydroxylation sites is 1. The maximum Gasteiger partial charge on any atom is 0.148 e. The van der Waals surface area contributed by atoms with Crippen LogP contribution in [-0.4, -0.2) is 5.71 Å². The Kier molecular flexibility index (Phi) is 5.74. The fourth-order valence-electron chi connectivity index (χ4n) is 3.20. The highest BCUT2D eigenvalue weighted by molar-refractivity contribution is 9.10. The Morgan fingerprint density at radius 1 is 0.857 bits per heavy atom. The highest BCUT2D eigenvalue weighted by atomic mass is 79.9. The van der Waals surface area contributed by atoms with Crippen LogP contribution in [0.5, 0.6) is 0 Å². The highest BCUT2D eigenvalue weighted by Crippen LogP contribution is 2.37. The van der Waals surface area contributed by atoms with Crippen LogP contribution >= 0.6 is 31.9 Å². The van der Waals surface area contributed by atoms with E-state index in [1.807, 2.05) is 54.6 Å². The van der Waals surface area contributed by atoms with Crippen molar-refractivity contribution in [3.8, 4) is 0 Å². The molecule has 0 radical (unpaired) electrons. The van der Waals surface area contributed by atoms with Crippen LogP contribution < -0.4 is 5.01 Å². The van der Waals surface area contributed by atoms with Crippen molar-refractivity contribution in [3.63, 3.8) is 0 Å². The lowest BCUT2D eigenvalue weighted by Gasteiger charge is -2.24. The quantitative estimate of drug-likeness (QED) is 0.365. The number of halogens is 3. The van der Waals surface area contributed by atoms with Crippen LogP contribution in [0.3, 0.4) is 0 Å². The van der Waals surface area contributed by atoms with Crippen molar-refractivity contribution in [1.82, 2.24) is 0 Å². The molecule has 3 aromatic rings. The van der Waals surface area contributed by atoms with E-state index in [0.29, 0.717) is 12.1 Å². The maximum absolute atomic E-state index is 14.5. The first-order valence-corrected chi connectivity index (χ1v) is 10.5. The van der Waals surface area contributed by atoms with Gasteiger partial charge >= 0.3 is 0 Å². The Morgan fingerprint density at radius 2 is 1.50 bits per heavy atom. The predicted molar refractivity (Wildman–Crippen MR) is 121 cm³/mol. The van der Waals surface area contributed by atoms with E-state index in [0.717, 1.165) is 25.8 Å². The monoisotopic (exact) mass is 498 g/mol. The van der Waals surface area contributed by atoms with E-state index >= 15 is 0 Å². The zero-order chi connectivity index (χ0) is 19.5. The maximum atomic E-state index is 14.5. The van der Waals surface area contributed by atoms with Crippen molar-refractivity contribution in [2.75, 3.05) is 5.01 Å². The molecular weight excluding hydrogens is 483 g/mol. The van der Waals surface area contributed by atoms with Gasteiger partial charge in [0.1, 0.15) is 5.82 Å². The van der Waals surface area contributed by atoms with Crippen molar-refractivity contribution >= 4 is 49.3 Å². The lowest BCUT2D eigenvalue weighted by atomic mass is 10.0. The second-order valence-corrected chi connectivity index (χ2v) is 8.38. The number of anilines is 1. The lowest BCUT2D eigenvalue weighted by molar-refractivity contribution is 0.606. The summed E-state index contributed by atoms with van der Waals surface area (Å²) in [6, 6.07) is 22.9. The molecule has 28 heavy (non-hydrogen) atoms. The minimum Gasteiger partial charge on any atom is -0.254 e. The molecule has 1 atom stereocenters. The third-order valence-corrected chi connectivity index (χ3v) is 5.68. The molecule has 4 rings (SSSR count). The largest absolute Gasteiger partial charge is 0.254 e. The smallest absolute Gasteiger partial charge is 0.148 e. The summed E-state index contributed by atoms with van der Waals surface area (Å²) in [5.41, 5.74) is 3.60. The molecule has 1 aliphatic rings. The average molecular weight is 500 g/mol. The summed E-state index contributed by atoms with van der Waals surface area (Å²) in [6.07, 6.45) is 4.76. The van der Waals surface area contributed by atoms with Gasteiger partial charge in [0, 0.05) is 15.4 Å². The minimum absolute atomic E-state index is 0.0467. The summed E-state index contributed by atoms with van der Waals surface area (Å²) in [5.74, 6) is -0.272. The number of nitrogens with zero attached hydrogens (tertiary/aromatic N) is 2. The molecule has 140 valence electrons. The second-order valence-electron chi connectivity index (χ2n) is 6.54. The van der Waals surface area contributed by atoms with Crippen LogP contribution in [0.25, 0.3) is 6.08 Å². The number of allylic oxidation sites excluding steroid dienone is 1. The first kappa shape index (κ1) is 19.1. The molecule has 1 unspecified atom stereocenters. The van der Waals surface area contributed by atoms with Crippen LogP contribution in [0, 0.1) is 5.82 Å². The molecule has 1 aliphatic heterocycles. The molecule has 0 N–H and O–H groups in total. The van der Waals surface area contributed by atoms with Crippen LogP contribution in [0.1, 0.15) is 23.6 Å². The number of hydrogen-bond acceptors (Lipinski definition) is 2. The zero-order valence-electron chi connectivity index (χ0n) is 14.9. The van der Waals surface area contributed by atoms with Crippen molar-refractivity contribution in [2.24, 2.45) is 5.10 Å². The zero-order valence-corrected chi connectivity index (χ0v) is 18.1. The fraction of sp³-hybridized carbons (Fsp3) is 0.0870. The minimum atomic E-state index is -0.272. The lowest BCUT2D eigenvalue weighted by Crippen LogP contribution is -2.19. The van der Waals surface area contributed by atoms with Gasteiger partial charge in [0.15, 0.2) is 0 Å². The van der Waals surface area contributed by atoms with Gasteiger partial charge in [-0.2, -0.15) is 5.10 Å². The van der Waals surface area contributed by atoms with E-state index in [1.165, 1.54) is 6.07 Å². The van der Waals surface area contributed by atoms with Gasteiger partial charge in [-0.15, -0.1) is 0 Å². The van der Waals surface area contributed by atoms with E-state index in [4.69, 9.17) is 5.10 Å². The Bertz CT molecular complexity index is 1030. The van der Waals surface area contributed by atoms with E-state index in [2.05, 4.69) is 44.0 Å². The predicted octanol–water partition coefficient (Wildman–Crippen LogP) is 7.37. The van der Waals surface area contributed by atoms with Crippen LogP contribution in [0.15, 0.2) is 92.9 Å². The van der Waals surface area contributed by atoms with Gasteiger partial charge in [-0.25, -0.2) is 4.39 Å². The van der Waals surface area contributed by atoms with Crippen molar-refractivity contribution in [1.29, 1.82) is 0 Å². The van der Waals surface area contributed by atoms with E-state index < -0.39 is 0 Å². The van der Waals surface area contributed by atoms with Gasteiger partial charge in [-0.1, -0.05) is 74.3 Å². The van der Waals surface area contributed by atoms with Crippen LogP contribution in [-0.2, 0) is 0 Å². The molecule has 2 nitrogen and oxygen atoms in total. The van der Waals surface area contributed by atoms with Crippen LogP contribution in [0.4, 0.5) is 10.1 Å². The van der Waals surface area contributed by atoms with Gasteiger partial charge in [-0.3, -0.25) is 5.01 Å². The van der Waals surface area contributed by atoms with Gasteiger partial charge < -0.3 is 0 Å². The Labute approximate surface area is 180 Å². The van der Waals surface area contributed by atoms with Gasteiger partial charge in [0.05, 0.1) is 17.4 Å². The molecule has 0 aromatic heterocycles. The standard InChI is InChI=1S/C23H17Br2FN2/c24-18-10-5-16(6-11-18)7-14-20-15-23(17-8-12-19(25)13-9-17)28(27-20)22-4-2-1-3-21(22)26/h1-14,23H,15H2/b14-7+. The number of rotatable bonds is 4. The normalized spacial score (nSPS) is 16.6. The first-order valence-electron chi connectivity index (χ1n) is 8.90. The van der Waals surface area contributed by atoms with E-state index in [9.17, 15) is 4.39 Å². The summed E-state index contributed by atoms with van der Waals surface area (Å²) in [6.45, 7) is 0. The number of hydrazone groups is 1. The molecule has 0 bridgehead atoms. The SMILES string of the molecule is Fc1ccccc1N1N=C(/C=C/c2ccc(Br)cc2)CC1c1ccc(Br)cc1. The second kappa shape index (κ2) is 8.41. The summed E-state index contributed by atoms with van der Waals surface area (Å²) in [5, 5.41) is 6.53. The Hall–Kier alpha value is -2.24. The van der Waals surface area contributed by atoms with Gasteiger partial charge in [0.25, 0.3) is 0 Å². The molecule has 1 heterocycles. The van der Waals surface area contributed by atoms with Gasteiger partial charge in [0.2, 0.25) is 0 Å². The number of benzene rings is 3. The Morgan fingerprint density at radius 3 is 2.18 bits per heavy atom.